The van der Waals surface area contributed by atoms with E-state index in [0.29, 0.717) is 11.9 Å². The van der Waals surface area contributed by atoms with E-state index < -0.39 is 0 Å². The van der Waals surface area contributed by atoms with Gasteiger partial charge in [-0.2, -0.15) is 0 Å². The van der Waals surface area contributed by atoms with Crippen LogP contribution in [-0.4, -0.2) is 36.4 Å². The van der Waals surface area contributed by atoms with Crippen LogP contribution in [-0.2, 0) is 11.3 Å². The molecule has 1 aromatic carbocycles. The molecule has 0 spiro atoms. The van der Waals surface area contributed by atoms with Crippen LogP contribution in [0.15, 0.2) is 30.3 Å². The van der Waals surface area contributed by atoms with Gasteiger partial charge < -0.3 is 9.64 Å². The Kier molecular flexibility index (Phi) is 4.86. The zero-order chi connectivity index (χ0) is 12.8. The first-order valence-corrected chi connectivity index (χ1v) is 6.70. The molecule has 0 saturated carbocycles. The largest absolute Gasteiger partial charge is 0.445 e. The van der Waals surface area contributed by atoms with E-state index >= 15 is 0 Å². The maximum absolute atomic E-state index is 11.7. The summed E-state index contributed by atoms with van der Waals surface area (Å²) in [5, 5.41) is 0.432. The zero-order valence-electron chi connectivity index (χ0n) is 10.3. The van der Waals surface area contributed by atoms with Gasteiger partial charge in [-0.05, 0) is 12.6 Å². The first-order chi connectivity index (χ1) is 8.79. The van der Waals surface area contributed by atoms with E-state index in [1.54, 1.807) is 16.8 Å². The molecule has 2 rings (SSSR count). The number of nitrogens with one attached hydrogen (secondary N) is 2. The molecule has 1 saturated heterocycles. The van der Waals surface area contributed by atoms with Gasteiger partial charge in [0.1, 0.15) is 6.61 Å². The van der Waals surface area contributed by atoms with E-state index in [1.807, 2.05) is 37.4 Å². The minimum absolute atomic E-state index is 0.236. The summed E-state index contributed by atoms with van der Waals surface area (Å²) in [6, 6.07) is 9.70. The highest BCUT2D eigenvalue weighted by molar-refractivity contribution is 7.98. The molecule has 0 aliphatic carbocycles. The van der Waals surface area contributed by atoms with Crippen molar-refractivity contribution in [3.05, 3.63) is 35.9 Å². The summed E-state index contributed by atoms with van der Waals surface area (Å²) in [6.07, 6.45) is -0.236. The number of carbonyl (C=O) groups is 1. The summed E-state index contributed by atoms with van der Waals surface area (Å²) >= 11 is 1.59. The molecule has 6 heteroatoms. The number of hydrazine groups is 1. The molecule has 1 aliphatic rings. The number of ether oxygens (including phenoxy) is 1. The number of hydrogen-bond acceptors (Lipinski definition) is 5. The molecular weight excluding hydrogens is 250 g/mol. The van der Waals surface area contributed by atoms with E-state index in [2.05, 4.69) is 10.3 Å². The summed E-state index contributed by atoms with van der Waals surface area (Å²) in [7, 11) is 1.82. The molecule has 0 atom stereocenters. The van der Waals surface area contributed by atoms with Gasteiger partial charge in [-0.1, -0.05) is 42.3 Å². The Balaban J connectivity index is 1.65. The molecule has 0 aromatic heterocycles. The molecule has 1 fully saturated rings. The van der Waals surface area contributed by atoms with Crippen molar-refractivity contribution in [1.82, 2.24) is 15.2 Å². The number of rotatable bonds is 5. The lowest BCUT2D eigenvalue weighted by Gasteiger charge is -2.37. The predicted octanol–water partition coefficient (Wildman–Crippen LogP) is 1.38. The lowest BCUT2D eigenvalue weighted by Crippen LogP contribution is -2.53. The fraction of sp³-hybridized carbons (Fsp3) is 0.417. The van der Waals surface area contributed by atoms with Crippen LogP contribution in [0.1, 0.15) is 5.56 Å². The van der Waals surface area contributed by atoms with Crippen molar-refractivity contribution in [2.45, 2.75) is 11.9 Å². The third-order valence-corrected chi connectivity index (χ3v) is 3.59. The average molecular weight is 267 g/mol. The van der Waals surface area contributed by atoms with Gasteiger partial charge in [0.05, 0.1) is 5.25 Å². The Morgan fingerprint density at radius 1 is 1.44 bits per heavy atom. The molecule has 2 N–H and O–H groups in total. The van der Waals surface area contributed by atoms with Gasteiger partial charge >= 0.3 is 6.09 Å². The van der Waals surface area contributed by atoms with Gasteiger partial charge in [-0.15, -0.1) is 0 Å². The maximum Gasteiger partial charge on any atom is 0.410 e. The number of likely N-dealkylation sites (tertiary alicyclic amines) is 1. The molecule has 1 aliphatic heterocycles. The third-order valence-electron chi connectivity index (χ3n) is 2.64. The minimum atomic E-state index is -0.236. The van der Waals surface area contributed by atoms with Gasteiger partial charge in [-0.3, -0.25) is 5.43 Å². The Morgan fingerprint density at radius 2 is 2.17 bits per heavy atom. The van der Waals surface area contributed by atoms with E-state index in [9.17, 15) is 4.79 Å². The molecule has 0 bridgehead atoms. The van der Waals surface area contributed by atoms with Crippen LogP contribution in [0.25, 0.3) is 0 Å². The van der Waals surface area contributed by atoms with Crippen molar-refractivity contribution in [3.63, 3.8) is 0 Å². The number of nitrogens with zero attached hydrogens (tertiary/aromatic N) is 1. The second-order valence-corrected chi connectivity index (χ2v) is 5.14. The Bertz CT molecular complexity index is 382. The van der Waals surface area contributed by atoms with Crippen molar-refractivity contribution in [3.8, 4) is 0 Å². The number of carbonyl (C=O) groups excluding carboxylic acids is 1. The Labute approximate surface area is 111 Å². The second-order valence-electron chi connectivity index (χ2n) is 4.04. The van der Waals surface area contributed by atoms with Gasteiger partial charge in [0.25, 0.3) is 0 Å². The van der Waals surface area contributed by atoms with Crippen molar-refractivity contribution in [2.75, 3.05) is 20.1 Å². The monoisotopic (exact) mass is 267 g/mol. The number of amides is 1. The Hall–Kier alpha value is -1.24. The third kappa shape index (κ3) is 3.63. The van der Waals surface area contributed by atoms with Crippen LogP contribution < -0.4 is 10.3 Å². The van der Waals surface area contributed by atoms with Crippen LogP contribution in [0.5, 0.6) is 0 Å². The highest BCUT2D eigenvalue weighted by atomic mass is 32.2. The van der Waals surface area contributed by atoms with Crippen molar-refractivity contribution in [1.29, 1.82) is 0 Å². The average Bonchev–Trinajstić information content (AvgIpc) is 2.36. The molecule has 1 amide bonds. The zero-order valence-corrected chi connectivity index (χ0v) is 11.1. The standard InChI is InChI=1S/C12H17N3O2S/c1-13-14-18-11-7-15(8-11)12(16)17-9-10-5-3-2-4-6-10/h2-6,11,13-14H,7-9H2,1H3. The van der Waals surface area contributed by atoms with Gasteiger partial charge in [0.2, 0.25) is 0 Å². The van der Waals surface area contributed by atoms with Crippen LogP contribution >= 0.6 is 11.9 Å². The number of hydrogen-bond donors (Lipinski definition) is 2. The summed E-state index contributed by atoms with van der Waals surface area (Å²) in [5.74, 6) is 0. The summed E-state index contributed by atoms with van der Waals surface area (Å²) in [6.45, 7) is 1.79. The van der Waals surface area contributed by atoms with Gasteiger partial charge in [0.15, 0.2) is 0 Å². The fourth-order valence-corrected chi connectivity index (χ4v) is 2.41. The molecule has 1 aromatic rings. The second kappa shape index (κ2) is 6.63. The van der Waals surface area contributed by atoms with Gasteiger partial charge in [-0.25, -0.2) is 9.63 Å². The minimum Gasteiger partial charge on any atom is -0.445 e. The van der Waals surface area contributed by atoms with E-state index in [4.69, 9.17) is 4.74 Å². The molecular formula is C12H17N3O2S. The summed E-state index contributed by atoms with van der Waals surface area (Å²) in [5.41, 5.74) is 3.84. The van der Waals surface area contributed by atoms with Crippen molar-refractivity contribution >= 4 is 18.0 Å². The smallest absolute Gasteiger partial charge is 0.410 e. The lowest BCUT2D eigenvalue weighted by molar-refractivity contribution is 0.0777. The molecule has 1 heterocycles. The quantitative estimate of drug-likeness (QED) is 0.623. The first kappa shape index (κ1) is 13.2. The molecule has 5 nitrogen and oxygen atoms in total. The SMILES string of the molecule is CNNSC1CN(C(=O)OCc2ccccc2)C1. The predicted molar refractivity (Wildman–Crippen MR) is 71.8 cm³/mol. The highest BCUT2D eigenvalue weighted by Gasteiger charge is 2.32. The van der Waals surface area contributed by atoms with Crippen LogP contribution in [0.2, 0.25) is 0 Å². The Morgan fingerprint density at radius 3 is 2.83 bits per heavy atom. The summed E-state index contributed by atoms with van der Waals surface area (Å²) in [4.78, 5) is 16.3. The van der Waals surface area contributed by atoms with Gasteiger partial charge in [0, 0.05) is 13.1 Å². The topological polar surface area (TPSA) is 53.6 Å². The molecule has 98 valence electrons. The van der Waals surface area contributed by atoms with Crippen molar-refractivity contribution < 1.29 is 9.53 Å². The fourth-order valence-electron chi connectivity index (χ4n) is 1.61. The molecule has 0 radical (unpaired) electrons. The van der Waals surface area contributed by atoms with Crippen LogP contribution in [0.4, 0.5) is 4.79 Å². The van der Waals surface area contributed by atoms with E-state index in [1.165, 1.54) is 0 Å². The lowest BCUT2D eigenvalue weighted by atomic mass is 10.2. The normalized spacial score (nSPS) is 15.3. The van der Waals surface area contributed by atoms with Crippen molar-refractivity contribution in [2.24, 2.45) is 0 Å². The number of benzene rings is 1. The van der Waals surface area contributed by atoms with E-state index in [0.717, 1.165) is 18.7 Å². The van der Waals surface area contributed by atoms with Crippen LogP contribution in [0, 0.1) is 0 Å². The molecule has 18 heavy (non-hydrogen) atoms. The van der Waals surface area contributed by atoms with Crippen LogP contribution in [0.3, 0.4) is 0 Å². The molecule has 0 unspecified atom stereocenters. The first-order valence-electron chi connectivity index (χ1n) is 5.82. The highest BCUT2D eigenvalue weighted by Crippen LogP contribution is 2.20. The maximum atomic E-state index is 11.7. The van der Waals surface area contributed by atoms with E-state index in [-0.39, 0.29) is 6.09 Å². The summed E-state index contributed by atoms with van der Waals surface area (Å²) < 4.78 is 5.23.